The number of guanidine groups is 1. The van der Waals surface area contributed by atoms with Gasteiger partial charge in [-0.1, -0.05) is 0 Å². The molecule has 0 unspecified atom stereocenters. The highest BCUT2D eigenvalue weighted by atomic mass is 19.3. The molecule has 3 N–H and O–H groups in total. The standard InChI is InChI=1S/C18H20F2N4O3/c19-16(20)11-27-17-8-12(4-5-22-17)10-23-18(21)24-13-2-3-14-15(9-13)26-7-1-6-25-14/h2-5,8-9,16H,1,6-7,10-11H2,(H3,21,23,24). The van der Waals surface area contributed by atoms with Gasteiger partial charge in [-0.05, 0) is 23.8 Å². The lowest BCUT2D eigenvalue weighted by Crippen LogP contribution is -2.22. The summed E-state index contributed by atoms with van der Waals surface area (Å²) in [7, 11) is 0. The molecular formula is C18H20F2N4O3. The third kappa shape index (κ3) is 5.70. The maximum atomic E-state index is 12.2. The van der Waals surface area contributed by atoms with Gasteiger partial charge in [0.15, 0.2) is 24.1 Å². The fraction of sp³-hybridized carbons (Fsp3) is 0.333. The molecule has 0 aliphatic carbocycles. The summed E-state index contributed by atoms with van der Waals surface area (Å²) in [6, 6.07) is 8.68. The van der Waals surface area contributed by atoms with Gasteiger partial charge in [-0.2, -0.15) is 0 Å². The van der Waals surface area contributed by atoms with Gasteiger partial charge in [-0.3, -0.25) is 0 Å². The number of anilines is 1. The molecule has 0 saturated heterocycles. The SMILES string of the molecule is NC(=NCc1ccnc(OCC(F)F)c1)Nc1ccc2c(c1)OCCCO2. The number of halogens is 2. The van der Waals surface area contributed by atoms with E-state index in [1.807, 2.05) is 12.1 Å². The van der Waals surface area contributed by atoms with Crippen molar-refractivity contribution in [1.29, 1.82) is 0 Å². The minimum atomic E-state index is -2.55. The van der Waals surface area contributed by atoms with Crippen molar-refractivity contribution < 1.29 is 23.0 Å². The van der Waals surface area contributed by atoms with E-state index in [-0.39, 0.29) is 18.4 Å². The quantitative estimate of drug-likeness (QED) is 0.593. The van der Waals surface area contributed by atoms with Crippen LogP contribution in [0, 0.1) is 0 Å². The zero-order chi connectivity index (χ0) is 19.1. The first kappa shape index (κ1) is 18.7. The summed E-state index contributed by atoms with van der Waals surface area (Å²) in [5.41, 5.74) is 7.37. The second-order valence-electron chi connectivity index (χ2n) is 5.74. The summed E-state index contributed by atoms with van der Waals surface area (Å²) in [5, 5.41) is 2.98. The normalized spacial score (nSPS) is 14.0. The summed E-state index contributed by atoms with van der Waals surface area (Å²) < 4.78 is 40.5. The van der Waals surface area contributed by atoms with Gasteiger partial charge in [0.25, 0.3) is 6.43 Å². The molecule has 7 nitrogen and oxygen atoms in total. The Morgan fingerprint density at radius 2 is 2.04 bits per heavy atom. The molecule has 2 aromatic rings. The first-order valence-corrected chi connectivity index (χ1v) is 8.42. The Morgan fingerprint density at radius 3 is 2.85 bits per heavy atom. The molecule has 144 valence electrons. The molecule has 0 bridgehead atoms. The smallest absolute Gasteiger partial charge is 0.272 e. The number of aromatic nitrogens is 1. The fourth-order valence-corrected chi connectivity index (χ4v) is 2.38. The number of hydrogen-bond acceptors (Lipinski definition) is 5. The number of nitrogens with two attached hydrogens (primary N) is 1. The Morgan fingerprint density at radius 1 is 1.22 bits per heavy atom. The van der Waals surface area contributed by atoms with E-state index >= 15 is 0 Å². The number of fused-ring (bicyclic) bond motifs is 1. The molecule has 3 rings (SSSR count). The van der Waals surface area contributed by atoms with Crippen molar-refractivity contribution in [1.82, 2.24) is 4.98 Å². The van der Waals surface area contributed by atoms with Crippen molar-refractivity contribution in [3.05, 3.63) is 42.1 Å². The molecular weight excluding hydrogens is 358 g/mol. The van der Waals surface area contributed by atoms with Gasteiger partial charge in [0.1, 0.15) is 0 Å². The van der Waals surface area contributed by atoms with E-state index in [1.165, 1.54) is 6.20 Å². The van der Waals surface area contributed by atoms with Crippen molar-refractivity contribution in [2.75, 3.05) is 25.1 Å². The van der Waals surface area contributed by atoms with E-state index < -0.39 is 13.0 Å². The largest absolute Gasteiger partial charge is 0.490 e. The predicted molar refractivity (Wildman–Crippen MR) is 96.7 cm³/mol. The highest BCUT2D eigenvalue weighted by Crippen LogP contribution is 2.32. The Bertz CT molecular complexity index is 802. The third-order valence-corrected chi connectivity index (χ3v) is 3.61. The van der Waals surface area contributed by atoms with Crippen molar-refractivity contribution >= 4 is 11.6 Å². The number of pyridine rings is 1. The lowest BCUT2D eigenvalue weighted by molar-refractivity contribution is 0.0795. The summed E-state index contributed by atoms with van der Waals surface area (Å²) in [6.45, 7) is 0.765. The molecule has 0 radical (unpaired) electrons. The van der Waals surface area contributed by atoms with E-state index in [0.29, 0.717) is 24.7 Å². The Balaban J connectivity index is 1.60. The Labute approximate surface area is 155 Å². The fourth-order valence-electron chi connectivity index (χ4n) is 2.38. The number of aliphatic imine (C=N–C) groups is 1. The number of rotatable bonds is 6. The lowest BCUT2D eigenvalue weighted by atomic mass is 10.2. The minimum Gasteiger partial charge on any atom is -0.490 e. The van der Waals surface area contributed by atoms with Gasteiger partial charge in [0.05, 0.1) is 19.8 Å². The number of alkyl halides is 2. The number of nitrogens with zero attached hydrogens (tertiary/aromatic N) is 2. The lowest BCUT2D eigenvalue weighted by Gasteiger charge is -2.11. The van der Waals surface area contributed by atoms with Gasteiger partial charge in [0, 0.05) is 30.4 Å². The van der Waals surface area contributed by atoms with Crippen LogP contribution in [0.2, 0.25) is 0 Å². The van der Waals surface area contributed by atoms with Crippen LogP contribution in [0.4, 0.5) is 14.5 Å². The molecule has 1 aliphatic heterocycles. The van der Waals surface area contributed by atoms with Gasteiger partial charge < -0.3 is 25.3 Å². The Kier molecular flexibility index (Phi) is 6.24. The average Bonchev–Trinajstić information content (AvgIpc) is 2.90. The van der Waals surface area contributed by atoms with Crippen molar-refractivity contribution in [2.24, 2.45) is 10.7 Å². The van der Waals surface area contributed by atoms with Crippen LogP contribution in [0.25, 0.3) is 0 Å². The van der Waals surface area contributed by atoms with E-state index in [2.05, 4.69) is 15.3 Å². The molecule has 0 saturated carbocycles. The molecule has 0 atom stereocenters. The van der Waals surface area contributed by atoms with E-state index in [4.69, 9.17) is 19.9 Å². The molecule has 1 aromatic heterocycles. The van der Waals surface area contributed by atoms with Crippen LogP contribution in [-0.2, 0) is 6.54 Å². The van der Waals surface area contributed by atoms with Gasteiger partial charge in [-0.25, -0.2) is 18.8 Å². The van der Waals surface area contributed by atoms with Crippen LogP contribution >= 0.6 is 0 Å². The van der Waals surface area contributed by atoms with Gasteiger partial charge in [-0.15, -0.1) is 0 Å². The number of nitrogens with one attached hydrogen (secondary N) is 1. The zero-order valence-electron chi connectivity index (χ0n) is 14.5. The highest BCUT2D eigenvalue weighted by Gasteiger charge is 2.11. The predicted octanol–water partition coefficient (Wildman–Crippen LogP) is 2.81. The maximum absolute atomic E-state index is 12.2. The molecule has 0 spiro atoms. The van der Waals surface area contributed by atoms with Crippen LogP contribution in [0.5, 0.6) is 17.4 Å². The monoisotopic (exact) mass is 378 g/mol. The average molecular weight is 378 g/mol. The second kappa shape index (κ2) is 9.02. The van der Waals surface area contributed by atoms with Crippen LogP contribution in [0.1, 0.15) is 12.0 Å². The van der Waals surface area contributed by atoms with Crippen molar-refractivity contribution in [3.63, 3.8) is 0 Å². The van der Waals surface area contributed by atoms with Gasteiger partial charge >= 0.3 is 0 Å². The molecule has 0 amide bonds. The summed E-state index contributed by atoms with van der Waals surface area (Å²) in [5.74, 6) is 1.68. The molecule has 27 heavy (non-hydrogen) atoms. The zero-order valence-corrected chi connectivity index (χ0v) is 14.5. The van der Waals surface area contributed by atoms with E-state index in [0.717, 1.165) is 17.7 Å². The molecule has 1 aliphatic rings. The summed E-state index contributed by atoms with van der Waals surface area (Å²) in [4.78, 5) is 8.11. The van der Waals surface area contributed by atoms with Crippen LogP contribution in [0.15, 0.2) is 41.5 Å². The van der Waals surface area contributed by atoms with Gasteiger partial charge in [0.2, 0.25) is 5.88 Å². The topological polar surface area (TPSA) is 91.0 Å². The van der Waals surface area contributed by atoms with Crippen LogP contribution < -0.4 is 25.3 Å². The summed E-state index contributed by atoms with van der Waals surface area (Å²) in [6.07, 6.45) is -0.252. The first-order valence-electron chi connectivity index (χ1n) is 8.42. The summed E-state index contributed by atoms with van der Waals surface area (Å²) >= 11 is 0. The second-order valence-corrected chi connectivity index (χ2v) is 5.74. The molecule has 2 heterocycles. The van der Waals surface area contributed by atoms with Crippen LogP contribution in [-0.4, -0.2) is 37.2 Å². The molecule has 0 fully saturated rings. The Hall–Kier alpha value is -3.10. The molecule has 1 aromatic carbocycles. The molecule has 9 heteroatoms. The first-order chi connectivity index (χ1) is 13.1. The number of ether oxygens (including phenoxy) is 3. The third-order valence-electron chi connectivity index (χ3n) is 3.61. The van der Waals surface area contributed by atoms with Crippen molar-refractivity contribution in [3.8, 4) is 17.4 Å². The maximum Gasteiger partial charge on any atom is 0.272 e. The van der Waals surface area contributed by atoms with Crippen LogP contribution in [0.3, 0.4) is 0 Å². The highest BCUT2D eigenvalue weighted by molar-refractivity contribution is 5.92. The minimum absolute atomic E-state index is 0.123. The van der Waals surface area contributed by atoms with E-state index in [9.17, 15) is 8.78 Å². The number of benzene rings is 1. The number of hydrogen-bond donors (Lipinski definition) is 2. The van der Waals surface area contributed by atoms with E-state index in [1.54, 1.807) is 18.2 Å². The van der Waals surface area contributed by atoms with Crippen molar-refractivity contribution in [2.45, 2.75) is 19.4 Å².